The van der Waals surface area contributed by atoms with Crippen LogP contribution in [0.2, 0.25) is 0 Å². The Morgan fingerprint density at radius 3 is 1.38 bits per heavy atom. The van der Waals surface area contributed by atoms with Crippen LogP contribution in [-0.2, 0) is 28.6 Å². The number of aliphatic carboxylic acids is 1. The smallest absolute Gasteiger partial charge is 0.306 e. The SMILES string of the molecule is CCCC/C=C\C/C=C\CCCCCCCC(=O)OC(COCCC(C(=O)[O-])[N+](C)(C)C)COC(=O)CCCCCCCCCCCCCCCCCCCCCC. The number of carboxylic acids is 1. The van der Waals surface area contributed by atoms with Crippen molar-refractivity contribution in [3.8, 4) is 0 Å². The number of rotatable bonds is 44. The number of hydrogen-bond donors (Lipinski definition) is 0. The van der Waals surface area contributed by atoms with Gasteiger partial charge in [-0.1, -0.05) is 192 Å². The van der Waals surface area contributed by atoms with Gasteiger partial charge in [-0.3, -0.25) is 9.59 Å². The summed E-state index contributed by atoms with van der Waals surface area (Å²) < 4.78 is 17.2. The molecule has 340 valence electrons. The van der Waals surface area contributed by atoms with E-state index >= 15 is 0 Å². The van der Waals surface area contributed by atoms with Gasteiger partial charge >= 0.3 is 11.9 Å². The Kier molecular flexibility index (Phi) is 40.0. The molecule has 8 nitrogen and oxygen atoms in total. The van der Waals surface area contributed by atoms with Crippen LogP contribution in [0.4, 0.5) is 0 Å². The van der Waals surface area contributed by atoms with E-state index in [0.29, 0.717) is 12.8 Å². The second-order valence-corrected chi connectivity index (χ2v) is 17.7. The summed E-state index contributed by atoms with van der Waals surface area (Å²) in [5.74, 6) is -1.74. The summed E-state index contributed by atoms with van der Waals surface area (Å²) in [6.07, 6.45) is 46.3. The van der Waals surface area contributed by atoms with E-state index in [1.807, 2.05) is 0 Å². The average Bonchev–Trinajstić information content (AvgIpc) is 3.18. The lowest BCUT2D eigenvalue weighted by Crippen LogP contribution is -2.55. The number of esters is 2. The van der Waals surface area contributed by atoms with Gasteiger partial charge in [0.05, 0.1) is 40.3 Å². The molecule has 0 aliphatic heterocycles. The zero-order valence-electron chi connectivity index (χ0n) is 38.7. The summed E-state index contributed by atoms with van der Waals surface area (Å²) in [4.78, 5) is 36.9. The zero-order chi connectivity index (χ0) is 42.8. The van der Waals surface area contributed by atoms with Crippen LogP contribution in [0.3, 0.4) is 0 Å². The van der Waals surface area contributed by atoms with Crippen LogP contribution in [0.15, 0.2) is 24.3 Å². The third-order valence-electron chi connectivity index (χ3n) is 11.1. The molecule has 0 amide bonds. The lowest BCUT2D eigenvalue weighted by Gasteiger charge is -2.34. The Hall–Kier alpha value is -2.19. The lowest BCUT2D eigenvalue weighted by atomic mass is 10.0. The molecule has 0 N–H and O–H groups in total. The van der Waals surface area contributed by atoms with Crippen molar-refractivity contribution in [2.24, 2.45) is 0 Å². The maximum absolute atomic E-state index is 12.7. The molecule has 0 radical (unpaired) electrons. The van der Waals surface area contributed by atoms with E-state index in [9.17, 15) is 19.5 Å². The summed E-state index contributed by atoms with van der Waals surface area (Å²) in [5.41, 5.74) is 0. The summed E-state index contributed by atoms with van der Waals surface area (Å²) in [7, 11) is 5.41. The first-order valence-corrected chi connectivity index (χ1v) is 24.4. The molecule has 0 saturated heterocycles. The van der Waals surface area contributed by atoms with Crippen molar-refractivity contribution in [2.45, 2.75) is 238 Å². The van der Waals surface area contributed by atoms with Crippen LogP contribution >= 0.6 is 0 Å². The first-order chi connectivity index (χ1) is 28.1. The van der Waals surface area contributed by atoms with Crippen molar-refractivity contribution in [3.05, 3.63) is 24.3 Å². The number of unbranched alkanes of at least 4 members (excludes halogenated alkanes) is 26. The first kappa shape index (κ1) is 55.8. The fourth-order valence-electron chi connectivity index (χ4n) is 7.27. The zero-order valence-corrected chi connectivity index (χ0v) is 38.7. The van der Waals surface area contributed by atoms with Crippen LogP contribution in [-0.4, -0.2) is 75.5 Å². The van der Waals surface area contributed by atoms with Crippen LogP contribution in [0.5, 0.6) is 0 Å². The summed E-state index contributed by atoms with van der Waals surface area (Å²) in [6, 6.07) is -0.726. The quantitative estimate of drug-likeness (QED) is 0.0261. The number of quaternary nitrogens is 1. The van der Waals surface area contributed by atoms with Gasteiger partial charge in [-0.2, -0.15) is 0 Å². The molecule has 2 atom stereocenters. The highest BCUT2D eigenvalue weighted by molar-refractivity contribution is 5.70. The minimum Gasteiger partial charge on any atom is -0.544 e. The second kappa shape index (κ2) is 41.5. The minimum atomic E-state index is -1.12. The number of nitrogens with zero attached hydrogens (tertiary/aromatic N) is 1. The molecule has 0 fully saturated rings. The van der Waals surface area contributed by atoms with Gasteiger partial charge in [0.2, 0.25) is 0 Å². The maximum atomic E-state index is 12.7. The Morgan fingerprint density at radius 2 is 0.931 bits per heavy atom. The van der Waals surface area contributed by atoms with Crippen LogP contribution in [0.1, 0.15) is 226 Å². The van der Waals surface area contributed by atoms with Crippen molar-refractivity contribution in [1.82, 2.24) is 0 Å². The molecule has 0 aromatic rings. The van der Waals surface area contributed by atoms with E-state index < -0.39 is 18.1 Å². The first-order valence-electron chi connectivity index (χ1n) is 24.4. The highest BCUT2D eigenvalue weighted by Crippen LogP contribution is 2.16. The molecule has 0 aliphatic carbocycles. The topological polar surface area (TPSA) is 102 Å². The number of hydrogen-bond acceptors (Lipinski definition) is 7. The Morgan fingerprint density at radius 1 is 0.517 bits per heavy atom. The van der Waals surface area contributed by atoms with Crippen molar-refractivity contribution in [2.75, 3.05) is 41.0 Å². The van der Waals surface area contributed by atoms with E-state index in [-0.39, 0.29) is 42.7 Å². The van der Waals surface area contributed by atoms with Gasteiger partial charge in [0.25, 0.3) is 0 Å². The molecule has 0 aliphatic rings. The Labute approximate surface area is 358 Å². The molecule has 0 saturated carbocycles. The van der Waals surface area contributed by atoms with Crippen molar-refractivity contribution >= 4 is 17.9 Å². The van der Waals surface area contributed by atoms with Crippen molar-refractivity contribution < 1.29 is 38.2 Å². The maximum Gasteiger partial charge on any atom is 0.306 e. The van der Waals surface area contributed by atoms with Crippen LogP contribution in [0.25, 0.3) is 0 Å². The third-order valence-corrected chi connectivity index (χ3v) is 11.1. The second-order valence-electron chi connectivity index (χ2n) is 17.7. The third kappa shape index (κ3) is 39.3. The fourth-order valence-corrected chi connectivity index (χ4v) is 7.27. The molecular formula is C50H93NO7. The molecule has 0 spiro atoms. The number of carbonyl (C=O) groups excluding carboxylic acids is 3. The van der Waals surface area contributed by atoms with Crippen LogP contribution < -0.4 is 5.11 Å². The van der Waals surface area contributed by atoms with Gasteiger partial charge in [0.1, 0.15) is 12.6 Å². The lowest BCUT2D eigenvalue weighted by molar-refractivity contribution is -0.889. The number of likely N-dealkylation sites (N-methyl/N-ethyl adjacent to an activating group) is 1. The standard InChI is InChI=1S/C50H93NO7/c1-6-8-10-12-14-16-18-20-22-23-24-25-26-27-29-30-32-34-36-38-40-48(52)57-45-46(44-56-43-42-47(50(54)55)51(3,4)5)58-49(53)41-39-37-35-33-31-28-21-19-17-15-13-11-9-7-2/h13,15,19,21,46-47H,6-12,14,16-18,20,22-45H2,1-5H3/b15-13-,21-19-. The molecule has 0 rings (SSSR count). The molecule has 0 heterocycles. The molecule has 0 aromatic heterocycles. The number of carboxylic acid groups (broad SMARTS) is 1. The fraction of sp³-hybridized carbons (Fsp3) is 0.860. The van der Waals surface area contributed by atoms with Gasteiger partial charge in [-0.15, -0.1) is 0 Å². The summed E-state index contributed by atoms with van der Waals surface area (Å²) in [6.45, 7) is 4.64. The number of allylic oxidation sites excluding steroid dienone is 4. The molecule has 58 heavy (non-hydrogen) atoms. The van der Waals surface area contributed by atoms with Crippen molar-refractivity contribution in [1.29, 1.82) is 0 Å². The highest BCUT2D eigenvalue weighted by Gasteiger charge is 2.25. The molecule has 8 heteroatoms. The molecule has 0 bridgehead atoms. The van der Waals surface area contributed by atoms with E-state index in [4.69, 9.17) is 14.2 Å². The predicted molar refractivity (Wildman–Crippen MR) is 240 cm³/mol. The minimum absolute atomic E-state index is 0.0390. The molecule has 2 unspecified atom stereocenters. The van der Waals surface area contributed by atoms with Gasteiger partial charge in [-0.25, -0.2) is 0 Å². The van der Waals surface area contributed by atoms with Gasteiger partial charge in [0, 0.05) is 19.3 Å². The Balaban J connectivity index is 4.23. The van der Waals surface area contributed by atoms with E-state index in [0.717, 1.165) is 64.2 Å². The average molecular weight is 820 g/mol. The Bertz CT molecular complexity index is 1000. The van der Waals surface area contributed by atoms with Gasteiger partial charge < -0.3 is 28.6 Å². The normalized spacial score (nSPS) is 13.1. The van der Waals surface area contributed by atoms with Gasteiger partial charge in [-0.05, 0) is 38.5 Å². The van der Waals surface area contributed by atoms with E-state index in [1.165, 1.54) is 128 Å². The van der Waals surface area contributed by atoms with Crippen molar-refractivity contribution in [3.63, 3.8) is 0 Å². The van der Waals surface area contributed by atoms with Crippen LogP contribution in [0, 0.1) is 0 Å². The van der Waals surface area contributed by atoms with E-state index in [2.05, 4.69) is 38.2 Å². The number of carbonyl (C=O) groups is 3. The monoisotopic (exact) mass is 820 g/mol. The molecule has 0 aromatic carbocycles. The highest BCUT2D eigenvalue weighted by atomic mass is 16.6. The van der Waals surface area contributed by atoms with Gasteiger partial charge in [0.15, 0.2) is 6.10 Å². The predicted octanol–water partition coefficient (Wildman–Crippen LogP) is 12.3. The summed E-state index contributed by atoms with van der Waals surface area (Å²) >= 11 is 0. The summed E-state index contributed by atoms with van der Waals surface area (Å²) in [5, 5.41) is 11.6. The largest absolute Gasteiger partial charge is 0.544 e. The number of ether oxygens (including phenoxy) is 3. The van der Waals surface area contributed by atoms with E-state index in [1.54, 1.807) is 21.1 Å². The molecular weight excluding hydrogens is 727 g/mol.